The molecule has 0 radical (unpaired) electrons. The summed E-state index contributed by atoms with van der Waals surface area (Å²) in [5.74, 6) is -0.741. The highest BCUT2D eigenvalue weighted by molar-refractivity contribution is 5.75. The van der Waals surface area contributed by atoms with Gasteiger partial charge in [0.25, 0.3) is 0 Å². The van der Waals surface area contributed by atoms with Crippen LogP contribution in [-0.2, 0) is 9.59 Å². The van der Waals surface area contributed by atoms with E-state index in [1.54, 1.807) is 6.92 Å². The van der Waals surface area contributed by atoms with Gasteiger partial charge in [-0.3, -0.25) is 9.59 Å². The number of carboxylic acids is 1. The number of hydrogen-bond acceptors (Lipinski definition) is 2. The molecule has 1 atom stereocenters. The zero-order valence-electron chi connectivity index (χ0n) is 12.5. The minimum absolute atomic E-state index is 0.000759. The molecule has 0 heterocycles. The average molecular weight is 289 g/mol. The Balaban J connectivity index is 3.25. The summed E-state index contributed by atoms with van der Waals surface area (Å²) in [6.45, 7) is 2.46. The second-order valence-corrected chi connectivity index (χ2v) is 5.16. The van der Waals surface area contributed by atoms with Crippen molar-refractivity contribution in [3.63, 3.8) is 0 Å². The molecule has 0 aliphatic heterocycles. The first-order valence-corrected chi connectivity index (χ1v) is 7.68. The van der Waals surface area contributed by atoms with E-state index in [1.807, 2.05) is 0 Å². The first-order chi connectivity index (χ1) is 9.56. The Labute approximate surface area is 121 Å². The van der Waals surface area contributed by atoms with Crippen LogP contribution in [0, 0.1) is 0 Å². The Hall–Kier alpha value is -1.13. The van der Waals surface area contributed by atoms with Crippen molar-refractivity contribution in [1.82, 2.24) is 5.32 Å². The van der Waals surface area contributed by atoms with Gasteiger partial charge in [0, 0.05) is 19.4 Å². The van der Waals surface area contributed by atoms with Crippen LogP contribution in [0.25, 0.3) is 0 Å². The van der Waals surface area contributed by atoms with Crippen LogP contribution in [0.4, 0.5) is 4.39 Å². The smallest absolute Gasteiger partial charge is 0.303 e. The molecule has 0 fully saturated rings. The second kappa shape index (κ2) is 12.9. The molecule has 0 aliphatic rings. The third-order valence-corrected chi connectivity index (χ3v) is 3.25. The van der Waals surface area contributed by atoms with Gasteiger partial charge in [-0.05, 0) is 32.1 Å². The number of nitrogens with one attached hydrogen (secondary N) is 1. The first kappa shape index (κ1) is 18.9. The van der Waals surface area contributed by atoms with Crippen molar-refractivity contribution < 1.29 is 19.1 Å². The number of carbonyl (C=O) groups is 2. The van der Waals surface area contributed by atoms with Gasteiger partial charge in [0.15, 0.2) is 0 Å². The van der Waals surface area contributed by atoms with Crippen molar-refractivity contribution in [3.8, 4) is 0 Å². The normalized spacial score (nSPS) is 12.1. The minimum Gasteiger partial charge on any atom is -0.481 e. The zero-order chi connectivity index (χ0) is 15.2. The summed E-state index contributed by atoms with van der Waals surface area (Å²) in [6.07, 6.45) is 6.02. The van der Waals surface area contributed by atoms with Gasteiger partial charge in [-0.2, -0.15) is 0 Å². The van der Waals surface area contributed by atoms with E-state index >= 15 is 0 Å². The van der Waals surface area contributed by atoms with Crippen molar-refractivity contribution in [2.24, 2.45) is 0 Å². The Morgan fingerprint density at radius 3 is 2.35 bits per heavy atom. The minimum atomic E-state index is -0.784. The lowest BCUT2D eigenvalue weighted by Gasteiger charge is -2.06. The van der Waals surface area contributed by atoms with Crippen LogP contribution in [-0.4, -0.2) is 29.7 Å². The summed E-state index contributed by atoms with van der Waals surface area (Å²) in [5.41, 5.74) is 0. The van der Waals surface area contributed by atoms with Crippen molar-refractivity contribution in [2.45, 2.75) is 77.3 Å². The van der Waals surface area contributed by atoms with Crippen LogP contribution in [0.2, 0.25) is 0 Å². The van der Waals surface area contributed by atoms with Crippen LogP contribution in [0.3, 0.4) is 0 Å². The molecule has 118 valence electrons. The Kier molecular flexibility index (Phi) is 12.2. The molecule has 0 saturated carbocycles. The Morgan fingerprint density at radius 1 is 1.05 bits per heavy atom. The quantitative estimate of drug-likeness (QED) is 0.510. The molecule has 0 bridgehead atoms. The van der Waals surface area contributed by atoms with Crippen molar-refractivity contribution in [2.75, 3.05) is 6.54 Å². The fourth-order valence-electron chi connectivity index (χ4n) is 1.94. The topological polar surface area (TPSA) is 66.4 Å². The fourth-order valence-corrected chi connectivity index (χ4v) is 1.94. The van der Waals surface area contributed by atoms with Crippen molar-refractivity contribution >= 4 is 11.9 Å². The van der Waals surface area contributed by atoms with E-state index in [0.29, 0.717) is 32.2 Å². The van der Waals surface area contributed by atoms with Crippen molar-refractivity contribution in [1.29, 1.82) is 0 Å². The highest BCUT2D eigenvalue weighted by Gasteiger charge is 2.05. The van der Waals surface area contributed by atoms with Crippen LogP contribution < -0.4 is 5.32 Å². The number of aliphatic carboxylic acids is 1. The number of amides is 1. The van der Waals surface area contributed by atoms with E-state index in [-0.39, 0.29) is 12.3 Å². The molecule has 0 aromatic carbocycles. The fraction of sp³-hybridized carbons (Fsp3) is 0.867. The van der Waals surface area contributed by atoms with Crippen LogP contribution in [0.15, 0.2) is 0 Å². The molecule has 0 aromatic heterocycles. The summed E-state index contributed by atoms with van der Waals surface area (Å²) in [5, 5.41) is 11.3. The standard InChI is InChI=1S/C15H28FNO3/c1-2-13(16)9-8-10-14(18)17-12-7-5-3-4-6-11-15(19)20/h13H,2-12H2,1H3,(H,17,18)(H,19,20). The number of carboxylic acid groups (broad SMARTS) is 1. The van der Waals surface area contributed by atoms with Crippen LogP contribution >= 0.6 is 0 Å². The van der Waals surface area contributed by atoms with E-state index in [4.69, 9.17) is 5.11 Å². The van der Waals surface area contributed by atoms with Gasteiger partial charge in [0.1, 0.15) is 0 Å². The highest BCUT2D eigenvalue weighted by atomic mass is 19.1. The molecule has 1 amide bonds. The predicted octanol–water partition coefficient (Wildman–Crippen LogP) is 3.45. The highest BCUT2D eigenvalue weighted by Crippen LogP contribution is 2.08. The largest absolute Gasteiger partial charge is 0.481 e. The molecule has 0 saturated heterocycles. The molecule has 2 N–H and O–H groups in total. The third-order valence-electron chi connectivity index (χ3n) is 3.25. The molecule has 4 nitrogen and oxygen atoms in total. The molecule has 5 heteroatoms. The maximum atomic E-state index is 12.9. The number of carbonyl (C=O) groups excluding carboxylic acids is 1. The number of unbranched alkanes of at least 4 members (excludes halogenated alkanes) is 4. The second-order valence-electron chi connectivity index (χ2n) is 5.16. The molecule has 0 rings (SSSR count). The number of rotatable bonds is 13. The predicted molar refractivity (Wildman–Crippen MR) is 77.4 cm³/mol. The summed E-state index contributed by atoms with van der Waals surface area (Å²) in [7, 11) is 0. The van der Waals surface area contributed by atoms with E-state index in [0.717, 1.165) is 32.1 Å². The van der Waals surface area contributed by atoms with E-state index in [2.05, 4.69) is 5.32 Å². The van der Waals surface area contributed by atoms with Gasteiger partial charge in [0.2, 0.25) is 5.91 Å². The third kappa shape index (κ3) is 13.3. The van der Waals surface area contributed by atoms with E-state index in [9.17, 15) is 14.0 Å². The van der Waals surface area contributed by atoms with Gasteiger partial charge in [-0.1, -0.05) is 26.2 Å². The average Bonchev–Trinajstić information content (AvgIpc) is 2.41. The lowest BCUT2D eigenvalue weighted by molar-refractivity contribution is -0.137. The van der Waals surface area contributed by atoms with Gasteiger partial charge >= 0.3 is 5.97 Å². The monoisotopic (exact) mass is 289 g/mol. The van der Waals surface area contributed by atoms with Crippen molar-refractivity contribution in [3.05, 3.63) is 0 Å². The molecule has 0 spiro atoms. The summed E-state index contributed by atoms with van der Waals surface area (Å²) >= 11 is 0. The molecule has 1 unspecified atom stereocenters. The maximum absolute atomic E-state index is 12.9. The molecular weight excluding hydrogens is 261 g/mol. The van der Waals surface area contributed by atoms with E-state index in [1.165, 1.54) is 0 Å². The SMILES string of the molecule is CCC(F)CCCC(=O)NCCCCCCCC(=O)O. The van der Waals surface area contributed by atoms with Gasteiger partial charge < -0.3 is 10.4 Å². The molecule has 0 aromatic rings. The van der Waals surface area contributed by atoms with Gasteiger partial charge in [-0.25, -0.2) is 4.39 Å². The lowest BCUT2D eigenvalue weighted by Crippen LogP contribution is -2.24. The van der Waals surface area contributed by atoms with Crippen LogP contribution in [0.1, 0.15) is 71.1 Å². The first-order valence-electron chi connectivity index (χ1n) is 7.68. The van der Waals surface area contributed by atoms with E-state index < -0.39 is 12.1 Å². The van der Waals surface area contributed by atoms with Gasteiger partial charge in [-0.15, -0.1) is 0 Å². The summed E-state index contributed by atoms with van der Waals surface area (Å²) in [4.78, 5) is 21.7. The Bertz CT molecular complexity index is 272. The molecular formula is C15H28FNO3. The number of hydrogen-bond donors (Lipinski definition) is 2. The molecule has 20 heavy (non-hydrogen) atoms. The van der Waals surface area contributed by atoms with Gasteiger partial charge in [0.05, 0.1) is 6.17 Å². The van der Waals surface area contributed by atoms with Crippen LogP contribution in [0.5, 0.6) is 0 Å². The molecule has 0 aliphatic carbocycles. The number of alkyl halides is 1. The zero-order valence-corrected chi connectivity index (χ0v) is 12.5. The Morgan fingerprint density at radius 2 is 1.70 bits per heavy atom. The summed E-state index contributed by atoms with van der Waals surface area (Å²) in [6, 6.07) is 0. The maximum Gasteiger partial charge on any atom is 0.303 e. The summed E-state index contributed by atoms with van der Waals surface area (Å²) < 4.78 is 12.9. The number of halogens is 1. The lowest BCUT2D eigenvalue weighted by atomic mass is 10.1.